The molecule has 0 unspecified atom stereocenters. The molecule has 1 saturated heterocycles. The van der Waals surface area contributed by atoms with Gasteiger partial charge >= 0.3 is 0 Å². The van der Waals surface area contributed by atoms with Crippen molar-refractivity contribution in [3.05, 3.63) is 53.9 Å². The van der Waals surface area contributed by atoms with Crippen molar-refractivity contribution in [2.45, 2.75) is 38.8 Å². The second-order valence-corrected chi connectivity index (χ2v) is 7.64. The molecule has 1 fully saturated rings. The van der Waals surface area contributed by atoms with Gasteiger partial charge < -0.3 is 16.0 Å². The molecule has 3 aromatic rings. The van der Waals surface area contributed by atoms with Crippen LogP contribution in [0.4, 0.5) is 5.82 Å². The van der Waals surface area contributed by atoms with E-state index in [1.54, 1.807) is 29.2 Å². The Kier molecular flexibility index (Phi) is 5.66. The largest absolute Gasteiger partial charge is 0.364 e. The molecule has 1 aliphatic rings. The molecule has 9 nitrogen and oxygen atoms in total. The molecule has 0 saturated carbocycles. The Balaban J connectivity index is 1.55. The lowest BCUT2D eigenvalue weighted by molar-refractivity contribution is -0.141. The lowest BCUT2D eigenvalue weighted by Gasteiger charge is -2.34. The zero-order valence-corrected chi connectivity index (χ0v) is 17.2. The first-order valence-corrected chi connectivity index (χ1v) is 10.2. The topological polar surface area (TPSA) is 123 Å². The van der Waals surface area contributed by atoms with E-state index in [-0.39, 0.29) is 24.1 Å². The summed E-state index contributed by atoms with van der Waals surface area (Å²) < 4.78 is 1.48. The van der Waals surface area contributed by atoms with E-state index in [1.165, 1.54) is 4.68 Å². The van der Waals surface area contributed by atoms with Crippen molar-refractivity contribution in [2.24, 2.45) is 5.73 Å². The number of carbonyl (C=O) groups is 3. The normalized spacial score (nSPS) is 16.3. The van der Waals surface area contributed by atoms with Crippen LogP contribution in [0.1, 0.15) is 35.4 Å². The van der Waals surface area contributed by atoms with Crippen LogP contribution < -0.4 is 11.1 Å². The van der Waals surface area contributed by atoms with Crippen molar-refractivity contribution in [3.63, 3.8) is 0 Å². The Morgan fingerprint density at radius 3 is 2.71 bits per heavy atom. The maximum Gasteiger partial charge on any atom is 0.269 e. The third kappa shape index (κ3) is 4.25. The first kappa shape index (κ1) is 20.5. The number of likely N-dealkylation sites (tertiary alicyclic amines) is 1. The fraction of sp³-hybridized carbons (Fsp3) is 0.318. The molecule has 0 spiro atoms. The molecule has 31 heavy (non-hydrogen) atoms. The van der Waals surface area contributed by atoms with E-state index in [2.05, 4.69) is 15.4 Å². The van der Waals surface area contributed by atoms with Gasteiger partial charge in [0.1, 0.15) is 18.4 Å². The van der Waals surface area contributed by atoms with E-state index in [0.29, 0.717) is 29.7 Å². The molecule has 3 N–H and O–H groups in total. The molecule has 9 heteroatoms. The molecular weight excluding hydrogens is 396 g/mol. The zero-order valence-electron chi connectivity index (χ0n) is 17.2. The van der Waals surface area contributed by atoms with E-state index >= 15 is 0 Å². The average molecular weight is 420 g/mol. The van der Waals surface area contributed by atoms with Gasteiger partial charge in [-0.3, -0.25) is 19.1 Å². The summed E-state index contributed by atoms with van der Waals surface area (Å²) in [6.07, 6.45) is 2.26. The Morgan fingerprint density at radius 1 is 1.13 bits per heavy atom. The smallest absolute Gasteiger partial charge is 0.269 e. The van der Waals surface area contributed by atoms with Gasteiger partial charge in [-0.15, -0.1) is 0 Å². The number of rotatable bonds is 5. The summed E-state index contributed by atoms with van der Waals surface area (Å²) in [6, 6.07) is 11.9. The lowest BCUT2D eigenvalue weighted by Crippen LogP contribution is -2.51. The highest BCUT2D eigenvalue weighted by Crippen LogP contribution is 2.22. The number of nitrogens with one attached hydrogen (secondary N) is 1. The second-order valence-electron chi connectivity index (χ2n) is 7.64. The molecule has 0 radical (unpaired) electrons. The van der Waals surface area contributed by atoms with Gasteiger partial charge in [0.05, 0.1) is 5.52 Å². The number of para-hydroxylation sites is 1. The van der Waals surface area contributed by atoms with Crippen LogP contribution in [0.3, 0.4) is 0 Å². The molecule has 3 heterocycles. The van der Waals surface area contributed by atoms with Gasteiger partial charge in [-0.05, 0) is 44.4 Å². The summed E-state index contributed by atoms with van der Waals surface area (Å²) in [5.41, 5.74) is 7.01. The molecule has 160 valence electrons. The van der Waals surface area contributed by atoms with E-state index in [0.717, 1.165) is 18.5 Å². The number of hydrogen-bond acceptors (Lipinski definition) is 5. The Hall–Kier alpha value is -3.75. The van der Waals surface area contributed by atoms with E-state index < -0.39 is 11.9 Å². The van der Waals surface area contributed by atoms with Gasteiger partial charge in [0, 0.05) is 17.6 Å². The van der Waals surface area contributed by atoms with Crippen molar-refractivity contribution < 1.29 is 14.4 Å². The van der Waals surface area contributed by atoms with Crippen LogP contribution in [0, 0.1) is 6.92 Å². The number of fused-ring (bicyclic) bond motifs is 1. The Bertz CT molecular complexity index is 1160. The van der Waals surface area contributed by atoms with E-state index in [1.807, 2.05) is 25.1 Å². The number of amides is 3. The van der Waals surface area contributed by atoms with Crippen LogP contribution in [0.2, 0.25) is 0 Å². The Morgan fingerprint density at radius 2 is 1.94 bits per heavy atom. The summed E-state index contributed by atoms with van der Waals surface area (Å²) >= 11 is 0. The second kappa shape index (κ2) is 8.55. The van der Waals surface area contributed by atoms with Crippen LogP contribution in [0.5, 0.6) is 0 Å². The average Bonchev–Trinajstić information content (AvgIpc) is 3.12. The monoisotopic (exact) mass is 420 g/mol. The third-order valence-corrected chi connectivity index (χ3v) is 5.44. The Labute approximate surface area is 179 Å². The number of aryl methyl sites for hydroxylation is 1. The number of piperidine rings is 1. The minimum atomic E-state index is -0.650. The van der Waals surface area contributed by atoms with Crippen molar-refractivity contribution in [1.29, 1.82) is 0 Å². The minimum absolute atomic E-state index is 0.0831. The highest BCUT2D eigenvalue weighted by Gasteiger charge is 2.33. The molecular formula is C22H24N6O3. The number of hydrogen-bond donors (Lipinski definition) is 2. The summed E-state index contributed by atoms with van der Waals surface area (Å²) in [5.74, 6) is -0.675. The molecule has 0 bridgehead atoms. The summed E-state index contributed by atoms with van der Waals surface area (Å²) in [7, 11) is 0. The third-order valence-electron chi connectivity index (χ3n) is 5.44. The van der Waals surface area contributed by atoms with Crippen molar-refractivity contribution in [3.8, 4) is 0 Å². The van der Waals surface area contributed by atoms with Crippen LogP contribution in [0.15, 0.2) is 42.5 Å². The van der Waals surface area contributed by atoms with Crippen LogP contribution in [-0.2, 0) is 16.1 Å². The molecule has 1 atom stereocenters. The fourth-order valence-corrected chi connectivity index (χ4v) is 3.97. The maximum atomic E-state index is 13.2. The lowest BCUT2D eigenvalue weighted by atomic mass is 10.0. The predicted octanol–water partition coefficient (Wildman–Crippen LogP) is 1.86. The molecule has 1 aromatic carbocycles. The number of pyridine rings is 1. The fourth-order valence-electron chi connectivity index (χ4n) is 3.97. The van der Waals surface area contributed by atoms with Crippen molar-refractivity contribution >= 4 is 34.4 Å². The highest BCUT2D eigenvalue weighted by atomic mass is 16.2. The quantitative estimate of drug-likeness (QED) is 0.652. The summed E-state index contributed by atoms with van der Waals surface area (Å²) in [6.45, 7) is 2.25. The summed E-state index contributed by atoms with van der Waals surface area (Å²) in [5, 5.41) is 7.68. The van der Waals surface area contributed by atoms with Gasteiger partial charge in [-0.1, -0.05) is 24.3 Å². The van der Waals surface area contributed by atoms with Crippen molar-refractivity contribution in [1.82, 2.24) is 19.7 Å². The maximum absolute atomic E-state index is 13.2. The number of carbonyl (C=O) groups excluding carboxylic acids is 3. The van der Waals surface area contributed by atoms with E-state index in [9.17, 15) is 14.4 Å². The number of nitrogens with zero attached hydrogens (tertiary/aromatic N) is 4. The molecule has 3 amide bonds. The minimum Gasteiger partial charge on any atom is -0.364 e. The number of benzene rings is 1. The van der Waals surface area contributed by atoms with Gasteiger partial charge in [0.15, 0.2) is 5.69 Å². The summed E-state index contributed by atoms with van der Waals surface area (Å²) in [4.78, 5) is 43.7. The van der Waals surface area contributed by atoms with Crippen LogP contribution in [-0.4, -0.2) is 50.0 Å². The first-order chi connectivity index (χ1) is 14.9. The van der Waals surface area contributed by atoms with Crippen LogP contribution >= 0.6 is 0 Å². The zero-order chi connectivity index (χ0) is 22.0. The number of primary amides is 1. The standard InChI is InChI=1S/C22H24N6O3/c1-14-7-6-11-18(24-14)25-22(31)17-10-4-5-12-27(17)19(29)13-28-16-9-3-2-8-15(16)20(26-28)21(23)30/h2-3,6-9,11,17H,4-5,10,12-13H2,1H3,(H2,23,30)(H,24,25,31)/t17-/m0/s1. The number of nitrogens with two attached hydrogens (primary N) is 1. The van der Waals surface area contributed by atoms with Gasteiger partial charge in [0.25, 0.3) is 5.91 Å². The molecule has 0 aliphatic carbocycles. The van der Waals surface area contributed by atoms with Gasteiger partial charge in [-0.2, -0.15) is 5.10 Å². The molecule has 2 aromatic heterocycles. The number of aromatic nitrogens is 3. The SMILES string of the molecule is Cc1cccc(NC(=O)[C@@H]2CCCCN2C(=O)Cn2nc(C(N)=O)c3ccccc32)n1. The molecule has 4 rings (SSSR count). The molecule has 1 aliphatic heterocycles. The first-order valence-electron chi connectivity index (χ1n) is 10.2. The predicted molar refractivity (Wildman–Crippen MR) is 115 cm³/mol. The van der Waals surface area contributed by atoms with E-state index in [4.69, 9.17) is 5.73 Å². The number of anilines is 1. The highest BCUT2D eigenvalue weighted by molar-refractivity contribution is 6.04. The van der Waals surface area contributed by atoms with Crippen molar-refractivity contribution in [2.75, 3.05) is 11.9 Å². The van der Waals surface area contributed by atoms with Crippen LogP contribution in [0.25, 0.3) is 10.9 Å². The van der Waals surface area contributed by atoms with Gasteiger partial charge in [-0.25, -0.2) is 4.98 Å². The van der Waals surface area contributed by atoms with Gasteiger partial charge in [0.2, 0.25) is 11.8 Å².